The van der Waals surface area contributed by atoms with Crippen molar-refractivity contribution in [3.8, 4) is 6.07 Å². The van der Waals surface area contributed by atoms with Crippen molar-refractivity contribution in [2.45, 2.75) is 33.1 Å². The molecule has 0 N–H and O–H groups in total. The van der Waals surface area contributed by atoms with E-state index in [4.69, 9.17) is 5.26 Å². The third-order valence-corrected chi connectivity index (χ3v) is 2.55. The van der Waals surface area contributed by atoms with Crippen molar-refractivity contribution < 1.29 is 0 Å². The van der Waals surface area contributed by atoms with Crippen molar-refractivity contribution in [2.75, 3.05) is 0 Å². The van der Waals surface area contributed by atoms with Crippen LogP contribution in [0.1, 0.15) is 31.4 Å². The van der Waals surface area contributed by atoms with Crippen molar-refractivity contribution in [1.82, 2.24) is 0 Å². The van der Waals surface area contributed by atoms with Gasteiger partial charge in [-0.3, -0.25) is 0 Å². The molecule has 0 aromatic heterocycles. The highest BCUT2D eigenvalue weighted by atomic mass is 14.2. The van der Waals surface area contributed by atoms with E-state index in [0.29, 0.717) is 0 Å². The van der Waals surface area contributed by atoms with Crippen LogP contribution in [0, 0.1) is 11.3 Å². The van der Waals surface area contributed by atoms with Crippen molar-refractivity contribution >= 4 is 0 Å². The van der Waals surface area contributed by atoms with Crippen LogP contribution in [-0.4, -0.2) is 0 Å². The standard InChI is InChI=1S/C14H17N/c1-3-13-6-8-14(9-7-13)5-4-12(2)10-11-15/h6-10H,3-5H2,1-2H3/b12-10-. The maximum atomic E-state index is 8.48. The molecule has 0 aliphatic heterocycles. The Labute approximate surface area is 92.1 Å². The highest BCUT2D eigenvalue weighted by Crippen LogP contribution is 2.10. The van der Waals surface area contributed by atoms with Crippen molar-refractivity contribution in [1.29, 1.82) is 5.26 Å². The molecule has 0 aliphatic rings. The summed E-state index contributed by atoms with van der Waals surface area (Å²) in [6, 6.07) is 10.8. The Hall–Kier alpha value is -1.55. The van der Waals surface area contributed by atoms with E-state index in [9.17, 15) is 0 Å². The third-order valence-electron chi connectivity index (χ3n) is 2.55. The van der Waals surface area contributed by atoms with Crippen LogP contribution in [0.3, 0.4) is 0 Å². The maximum absolute atomic E-state index is 8.48. The molecule has 15 heavy (non-hydrogen) atoms. The Morgan fingerprint density at radius 3 is 2.40 bits per heavy atom. The number of rotatable bonds is 4. The molecule has 0 saturated heterocycles. The van der Waals surface area contributed by atoms with Gasteiger partial charge in [-0.15, -0.1) is 0 Å². The average Bonchev–Trinajstić information content (AvgIpc) is 2.27. The molecule has 0 amide bonds. The molecule has 0 aliphatic carbocycles. The quantitative estimate of drug-likeness (QED) is 0.679. The lowest BCUT2D eigenvalue weighted by atomic mass is 10.0. The van der Waals surface area contributed by atoms with Crippen LogP contribution < -0.4 is 0 Å². The molecule has 0 heterocycles. The Bertz CT molecular complexity index is 365. The van der Waals surface area contributed by atoms with Crippen molar-refractivity contribution in [3.05, 3.63) is 47.0 Å². The molecule has 0 saturated carbocycles. The fourth-order valence-corrected chi connectivity index (χ4v) is 1.47. The van der Waals surface area contributed by atoms with E-state index >= 15 is 0 Å². The molecule has 0 unspecified atom stereocenters. The SMILES string of the molecule is CCc1ccc(CC/C(C)=C\C#N)cc1. The summed E-state index contributed by atoms with van der Waals surface area (Å²) >= 11 is 0. The van der Waals surface area contributed by atoms with Gasteiger partial charge < -0.3 is 0 Å². The molecule has 1 nitrogen and oxygen atoms in total. The first-order chi connectivity index (χ1) is 7.26. The summed E-state index contributed by atoms with van der Waals surface area (Å²) in [4.78, 5) is 0. The van der Waals surface area contributed by atoms with E-state index in [-0.39, 0.29) is 0 Å². The minimum absolute atomic E-state index is 0.971. The Morgan fingerprint density at radius 1 is 1.27 bits per heavy atom. The highest BCUT2D eigenvalue weighted by molar-refractivity contribution is 5.23. The second-order valence-corrected chi connectivity index (χ2v) is 3.79. The van der Waals surface area contributed by atoms with Gasteiger partial charge in [-0.2, -0.15) is 5.26 Å². The third kappa shape index (κ3) is 3.99. The van der Waals surface area contributed by atoms with Gasteiger partial charge in [-0.25, -0.2) is 0 Å². The highest BCUT2D eigenvalue weighted by Gasteiger charge is 1.95. The number of nitrogens with zero attached hydrogens (tertiary/aromatic N) is 1. The van der Waals surface area contributed by atoms with Gasteiger partial charge in [-0.05, 0) is 37.3 Å². The van der Waals surface area contributed by atoms with Crippen LogP contribution >= 0.6 is 0 Å². The molecule has 0 atom stereocenters. The number of hydrogen-bond acceptors (Lipinski definition) is 1. The smallest absolute Gasteiger partial charge is 0.0911 e. The van der Waals surface area contributed by atoms with E-state index in [1.165, 1.54) is 11.1 Å². The summed E-state index contributed by atoms with van der Waals surface area (Å²) in [6.07, 6.45) is 4.71. The van der Waals surface area contributed by atoms with Gasteiger partial charge in [0.25, 0.3) is 0 Å². The van der Waals surface area contributed by atoms with Crippen LogP contribution in [0.25, 0.3) is 0 Å². The van der Waals surface area contributed by atoms with Gasteiger partial charge in [-0.1, -0.05) is 36.8 Å². The molecule has 1 aromatic rings. The zero-order valence-electron chi connectivity index (χ0n) is 9.46. The van der Waals surface area contributed by atoms with Gasteiger partial charge in [0.05, 0.1) is 6.07 Å². The van der Waals surface area contributed by atoms with Crippen molar-refractivity contribution in [2.24, 2.45) is 0 Å². The predicted molar refractivity (Wildman–Crippen MR) is 63.5 cm³/mol. The van der Waals surface area contributed by atoms with Crippen LogP contribution in [0.2, 0.25) is 0 Å². The average molecular weight is 199 g/mol. The van der Waals surface area contributed by atoms with Crippen LogP contribution in [0.5, 0.6) is 0 Å². The minimum Gasteiger partial charge on any atom is -0.193 e. The zero-order valence-corrected chi connectivity index (χ0v) is 9.46. The fraction of sp³-hybridized carbons (Fsp3) is 0.357. The number of nitriles is 1. The van der Waals surface area contributed by atoms with E-state index in [2.05, 4.69) is 37.3 Å². The van der Waals surface area contributed by atoms with Gasteiger partial charge in [0.15, 0.2) is 0 Å². The lowest BCUT2D eigenvalue weighted by Crippen LogP contribution is -1.87. The lowest BCUT2D eigenvalue weighted by molar-refractivity contribution is 0.939. The Kier molecular flexibility index (Phi) is 4.63. The zero-order chi connectivity index (χ0) is 11.1. The molecule has 1 rings (SSSR count). The normalized spacial score (nSPS) is 11.1. The number of aryl methyl sites for hydroxylation is 2. The number of benzene rings is 1. The van der Waals surface area contributed by atoms with E-state index < -0.39 is 0 Å². The second-order valence-electron chi connectivity index (χ2n) is 3.79. The molecule has 78 valence electrons. The van der Waals surface area contributed by atoms with Gasteiger partial charge in [0.1, 0.15) is 0 Å². The summed E-state index contributed by atoms with van der Waals surface area (Å²) in [5.41, 5.74) is 3.87. The first-order valence-corrected chi connectivity index (χ1v) is 5.39. The van der Waals surface area contributed by atoms with E-state index in [1.807, 2.05) is 6.92 Å². The molecule has 0 bridgehead atoms. The molecular formula is C14H17N. The summed E-state index contributed by atoms with van der Waals surface area (Å²) in [5, 5.41) is 8.48. The summed E-state index contributed by atoms with van der Waals surface area (Å²) in [6.45, 7) is 4.17. The molecule has 0 radical (unpaired) electrons. The van der Waals surface area contributed by atoms with E-state index in [1.54, 1.807) is 6.08 Å². The molecule has 1 heteroatoms. The summed E-state index contributed by atoms with van der Waals surface area (Å²) in [5.74, 6) is 0. The number of allylic oxidation sites excluding steroid dienone is 2. The first kappa shape index (κ1) is 11.5. The maximum Gasteiger partial charge on any atom is 0.0911 e. The fourth-order valence-electron chi connectivity index (χ4n) is 1.47. The lowest BCUT2D eigenvalue weighted by Gasteiger charge is -2.02. The van der Waals surface area contributed by atoms with Crippen LogP contribution in [-0.2, 0) is 12.8 Å². The first-order valence-electron chi connectivity index (χ1n) is 5.39. The van der Waals surface area contributed by atoms with Crippen LogP contribution in [0.15, 0.2) is 35.9 Å². The topological polar surface area (TPSA) is 23.8 Å². The minimum atomic E-state index is 0.971. The summed E-state index contributed by atoms with van der Waals surface area (Å²) in [7, 11) is 0. The predicted octanol–water partition coefficient (Wildman–Crippen LogP) is 3.65. The monoisotopic (exact) mass is 199 g/mol. The van der Waals surface area contributed by atoms with Gasteiger partial charge in [0, 0.05) is 6.08 Å². The molecule has 0 fully saturated rings. The molecule has 1 aromatic carbocycles. The van der Waals surface area contributed by atoms with Crippen molar-refractivity contribution in [3.63, 3.8) is 0 Å². The molecular weight excluding hydrogens is 182 g/mol. The Balaban J connectivity index is 2.52. The molecule has 0 spiro atoms. The second kappa shape index (κ2) is 6.03. The Morgan fingerprint density at radius 2 is 1.87 bits per heavy atom. The van der Waals surface area contributed by atoms with Gasteiger partial charge >= 0.3 is 0 Å². The summed E-state index contributed by atoms with van der Waals surface area (Å²) < 4.78 is 0. The van der Waals surface area contributed by atoms with E-state index in [0.717, 1.165) is 24.8 Å². The van der Waals surface area contributed by atoms with Crippen LogP contribution in [0.4, 0.5) is 0 Å². The van der Waals surface area contributed by atoms with Gasteiger partial charge in [0.2, 0.25) is 0 Å². The largest absolute Gasteiger partial charge is 0.193 e. The number of hydrogen-bond donors (Lipinski definition) is 0.